The molecule has 0 aromatic heterocycles. The summed E-state index contributed by atoms with van der Waals surface area (Å²) in [4.78, 5) is 62.8. The largest absolute Gasteiger partial charge is 0.480 e. The fourth-order valence-electron chi connectivity index (χ4n) is 5.35. The molecule has 2 fully saturated rings. The van der Waals surface area contributed by atoms with Crippen molar-refractivity contribution >= 4 is 29.5 Å². The highest BCUT2D eigenvalue weighted by molar-refractivity contribution is 6.35. The van der Waals surface area contributed by atoms with Gasteiger partial charge >= 0.3 is 11.9 Å². The second-order valence-electron chi connectivity index (χ2n) is 10.0. The average Bonchev–Trinajstić information content (AvgIpc) is 3.39. The van der Waals surface area contributed by atoms with Gasteiger partial charge in [0.1, 0.15) is 0 Å². The van der Waals surface area contributed by atoms with Gasteiger partial charge in [0.15, 0.2) is 0 Å². The second kappa shape index (κ2) is 15.6. The highest BCUT2D eigenvalue weighted by Gasteiger charge is 2.35. The number of carboxylic acids is 2. The number of amides is 2. The molecule has 0 saturated heterocycles. The van der Waals surface area contributed by atoms with Crippen LogP contribution in [0.15, 0.2) is 0 Å². The molecule has 2 aliphatic carbocycles. The quantitative estimate of drug-likeness (QED) is 0.150. The van der Waals surface area contributed by atoms with E-state index >= 15 is 0 Å². The van der Waals surface area contributed by atoms with E-state index in [1.807, 2.05) is 0 Å². The lowest BCUT2D eigenvalue weighted by atomic mass is 9.84. The highest BCUT2D eigenvalue weighted by atomic mass is 16.4. The van der Waals surface area contributed by atoms with E-state index in [2.05, 4.69) is 10.6 Å². The predicted octanol–water partition coefficient (Wildman–Crippen LogP) is 1.04. The summed E-state index contributed by atoms with van der Waals surface area (Å²) in [7, 11) is 0. The van der Waals surface area contributed by atoms with Gasteiger partial charge in [-0.25, -0.2) is 4.79 Å². The minimum atomic E-state index is -1.62. The number of carbonyl (C=O) groups is 5. The van der Waals surface area contributed by atoms with E-state index < -0.39 is 35.7 Å². The second-order valence-corrected chi connectivity index (χ2v) is 10.0. The van der Waals surface area contributed by atoms with Crippen molar-refractivity contribution in [1.82, 2.24) is 15.5 Å². The summed E-state index contributed by atoms with van der Waals surface area (Å²) < 4.78 is 0. The third-order valence-electron chi connectivity index (χ3n) is 7.26. The van der Waals surface area contributed by atoms with Gasteiger partial charge in [-0.3, -0.25) is 24.5 Å². The summed E-state index contributed by atoms with van der Waals surface area (Å²) in [6, 6.07) is -2.07. The smallest absolute Gasteiger partial charge is 0.374 e. The van der Waals surface area contributed by atoms with Gasteiger partial charge in [0.2, 0.25) is 11.8 Å². The van der Waals surface area contributed by atoms with E-state index in [1.54, 1.807) is 0 Å². The molecule has 2 rings (SSSR count). The van der Waals surface area contributed by atoms with Crippen LogP contribution in [0.25, 0.3) is 0 Å². The van der Waals surface area contributed by atoms with Crippen molar-refractivity contribution in [2.75, 3.05) is 19.6 Å². The van der Waals surface area contributed by atoms with Crippen LogP contribution in [0.4, 0.5) is 0 Å². The Morgan fingerprint density at radius 1 is 0.889 bits per heavy atom. The van der Waals surface area contributed by atoms with Gasteiger partial charge in [-0.05, 0) is 51.0 Å². The Kier molecular flexibility index (Phi) is 12.8. The Morgan fingerprint density at radius 3 is 2.11 bits per heavy atom. The number of aliphatic carboxylic acids is 2. The van der Waals surface area contributed by atoms with Gasteiger partial charge in [0.25, 0.3) is 5.78 Å². The number of rotatable bonds is 16. The molecule has 2 amide bonds. The third-order valence-corrected chi connectivity index (χ3v) is 7.26. The van der Waals surface area contributed by atoms with Crippen molar-refractivity contribution in [3.05, 3.63) is 0 Å². The molecule has 0 heterocycles. The van der Waals surface area contributed by atoms with Crippen molar-refractivity contribution in [3.8, 4) is 0 Å². The third kappa shape index (κ3) is 9.85. The maximum absolute atomic E-state index is 13.7. The fraction of sp³-hybridized carbons (Fsp3) is 0.800. The Morgan fingerprint density at radius 2 is 1.53 bits per heavy atom. The summed E-state index contributed by atoms with van der Waals surface area (Å²) in [5.41, 5.74) is 5.48. The summed E-state index contributed by atoms with van der Waals surface area (Å²) in [5, 5.41) is 23.7. The zero-order valence-electron chi connectivity index (χ0n) is 21.1. The van der Waals surface area contributed by atoms with E-state index in [0.29, 0.717) is 31.7 Å². The lowest BCUT2D eigenvalue weighted by Gasteiger charge is -2.34. The molecule has 2 saturated carbocycles. The van der Waals surface area contributed by atoms with Gasteiger partial charge in [0.05, 0.1) is 25.2 Å². The van der Waals surface area contributed by atoms with Gasteiger partial charge in [-0.1, -0.05) is 44.9 Å². The number of unbranched alkanes of at least 4 members (excludes halogenated alkanes) is 1. The lowest BCUT2D eigenvalue weighted by Crippen LogP contribution is -2.55. The number of ketones is 1. The Bertz CT molecular complexity index is 764. The SMILES string of the molecule is NCCCC[C@H](NC(=O)CN(C(=O)[C@@H](CC1CCCCC1)NCC(=O)O)C1CCCC1)C(=O)C(=O)O. The Labute approximate surface area is 212 Å². The van der Waals surface area contributed by atoms with E-state index in [1.165, 1.54) is 4.90 Å². The van der Waals surface area contributed by atoms with E-state index in [4.69, 9.17) is 10.8 Å². The first-order valence-corrected chi connectivity index (χ1v) is 13.2. The number of hydrogen-bond donors (Lipinski definition) is 5. The number of carboxylic acid groups (broad SMARTS) is 2. The van der Waals surface area contributed by atoms with Crippen molar-refractivity contribution in [1.29, 1.82) is 0 Å². The van der Waals surface area contributed by atoms with Crippen LogP contribution in [-0.2, 0) is 24.0 Å². The first-order chi connectivity index (χ1) is 17.2. The van der Waals surface area contributed by atoms with Crippen LogP contribution < -0.4 is 16.4 Å². The molecule has 0 aromatic carbocycles. The molecular formula is C25H42N4O7. The number of nitrogens with two attached hydrogens (primary N) is 1. The normalized spacial score (nSPS) is 18.4. The first kappa shape index (κ1) is 29.7. The monoisotopic (exact) mass is 510 g/mol. The first-order valence-electron chi connectivity index (χ1n) is 13.2. The summed E-state index contributed by atoms with van der Waals surface area (Å²) in [6.07, 6.45) is 10.4. The molecule has 2 atom stereocenters. The van der Waals surface area contributed by atoms with Crippen LogP contribution in [0.1, 0.15) is 83.5 Å². The number of carbonyl (C=O) groups excluding carboxylic acids is 3. The summed E-state index contributed by atoms with van der Waals surface area (Å²) in [5.74, 6) is -4.38. The summed E-state index contributed by atoms with van der Waals surface area (Å²) >= 11 is 0. The van der Waals surface area contributed by atoms with Crippen molar-refractivity contribution in [2.24, 2.45) is 11.7 Å². The molecule has 0 bridgehead atoms. The van der Waals surface area contributed by atoms with E-state index in [-0.39, 0.29) is 31.5 Å². The van der Waals surface area contributed by atoms with Gasteiger partial charge in [-0.2, -0.15) is 0 Å². The van der Waals surface area contributed by atoms with Crippen LogP contribution in [0.3, 0.4) is 0 Å². The van der Waals surface area contributed by atoms with Crippen LogP contribution in [0, 0.1) is 5.92 Å². The van der Waals surface area contributed by atoms with Gasteiger partial charge in [0, 0.05) is 6.04 Å². The summed E-state index contributed by atoms with van der Waals surface area (Å²) in [6.45, 7) is -0.276. The molecule has 0 spiro atoms. The molecular weight excluding hydrogens is 468 g/mol. The maximum Gasteiger partial charge on any atom is 0.374 e. The van der Waals surface area contributed by atoms with Gasteiger partial charge < -0.3 is 26.2 Å². The zero-order chi connectivity index (χ0) is 26.5. The van der Waals surface area contributed by atoms with Gasteiger partial charge in [-0.15, -0.1) is 0 Å². The zero-order valence-corrected chi connectivity index (χ0v) is 21.1. The molecule has 11 heteroatoms. The standard InChI is InChI=1S/C25H42N4O7/c26-13-7-6-12-19(23(33)25(35)36)28-21(30)16-29(18-10-4-5-11-18)24(34)20(27-15-22(31)32)14-17-8-2-1-3-9-17/h17-20,27H,1-16,26H2,(H,28,30)(H,31,32)(H,35,36)/t19-,20+/m0/s1. The van der Waals surface area contributed by atoms with Crippen LogP contribution in [0.5, 0.6) is 0 Å². The topological polar surface area (TPSA) is 179 Å². The molecule has 2 aliphatic rings. The van der Waals surface area contributed by atoms with E-state index in [0.717, 1.165) is 57.8 Å². The highest BCUT2D eigenvalue weighted by Crippen LogP contribution is 2.29. The predicted molar refractivity (Wildman–Crippen MR) is 132 cm³/mol. The van der Waals surface area contributed by atoms with Crippen molar-refractivity contribution in [3.63, 3.8) is 0 Å². The Balaban J connectivity index is 2.15. The maximum atomic E-state index is 13.7. The minimum Gasteiger partial charge on any atom is -0.480 e. The lowest BCUT2D eigenvalue weighted by molar-refractivity contribution is -0.151. The fourth-order valence-corrected chi connectivity index (χ4v) is 5.35. The Hall–Kier alpha value is -2.53. The molecule has 11 nitrogen and oxygen atoms in total. The number of nitrogens with one attached hydrogen (secondary N) is 2. The van der Waals surface area contributed by atoms with Crippen LogP contribution in [0.2, 0.25) is 0 Å². The van der Waals surface area contributed by atoms with E-state index in [9.17, 15) is 29.1 Å². The number of nitrogens with zero attached hydrogens (tertiary/aromatic N) is 1. The average molecular weight is 511 g/mol. The molecule has 0 unspecified atom stereocenters. The molecule has 0 aromatic rings. The minimum absolute atomic E-state index is 0.149. The van der Waals surface area contributed by atoms with Crippen molar-refractivity contribution < 1.29 is 34.2 Å². The molecule has 36 heavy (non-hydrogen) atoms. The number of hydrogen-bond acceptors (Lipinski definition) is 7. The van der Waals surface area contributed by atoms with Crippen LogP contribution >= 0.6 is 0 Å². The van der Waals surface area contributed by atoms with Crippen LogP contribution in [-0.4, -0.2) is 82.4 Å². The molecule has 0 radical (unpaired) electrons. The molecule has 0 aliphatic heterocycles. The number of Topliss-reactive ketones (excluding diaryl/α,β-unsaturated/α-hetero) is 1. The molecule has 6 N–H and O–H groups in total. The molecule has 204 valence electrons. The van der Waals surface area contributed by atoms with Crippen molar-refractivity contribution in [2.45, 2.75) is 102 Å².